The topological polar surface area (TPSA) is 33.1 Å². The van der Waals surface area contributed by atoms with E-state index >= 15 is 0 Å². The molecular weight excluding hydrogens is 407 g/mol. The zero-order valence-corrected chi connectivity index (χ0v) is 17.8. The van der Waals surface area contributed by atoms with Gasteiger partial charge >= 0.3 is 0 Å². The summed E-state index contributed by atoms with van der Waals surface area (Å²) in [7, 11) is 0. The maximum atomic E-state index is 13.5. The van der Waals surface area contributed by atoms with Gasteiger partial charge in [0.1, 0.15) is 11.9 Å². The Kier molecular flexibility index (Phi) is 5.00. The zero-order chi connectivity index (χ0) is 21.4. The summed E-state index contributed by atoms with van der Waals surface area (Å²) in [4.78, 5) is 6.75. The van der Waals surface area contributed by atoms with Crippen molar-refractivity contribution >= 4 is 23.0 Å². The number of anilines is 1. The highest BCUT2D eigenvalue weighted by atomic mass is 32.1. The first kappa shape index (κ1) is 19.5. The normalized spacial score (nSPS) is 18.3. The smallest absolute Gasteiger partial charge is 0.174 e. The number of aromatic nitrogens is 2. The summed E-state index contributed by atoms with van der Waals surface area (Å²) in [5.74, 6) is -0.256. The minimum atomic E-state index is -0.256. The number of hydrogen-bond acceptors (Lipinski definition) is 2. The van der Waals surface area contributed by atoms with E-state index in [0.29, 0.717) is 5.11 Å². The maximum absolute atomic E-state index is 13.5. The van der Waals surface area contributed by atoms with Crippen LogP contribution >= 0.6 is 12.2 Å². The zero-order valence-electron chi connectivity index (χ0n) is 16.9. The predicted molar refractivity (Wildman–Crippen MR) is 125 cm³/mol. The summed E-state index contributed by atoms with van der Waals surface area (Å²) in [6.45, 7) is 2.07. The van der Waals surface area contributed by atoms with Crippen LogP contribution in [0.25, 0.3) is 5.69 Å². The second-order valence-electron chi connectivity index (χ2n) is 7.61. The lowest BCUT2D eigenvalue weighted by atomic mass is 10.0. The fourth-order valence-electron chi connectivity index (χ4n) is 4.11. The highest BCUT2D eigenvalue weighted by Crippen LogP contribution is 2.42. The average Bonchev–Trinajstić information content (AvgIpc) is 3.40. The van der Waals surface area contributed by atoms with Gasteiger partial charge in [0.2, 0.25) is 0 Å². The molecule has 2 aromatic heterocycles. The first-order valence-corrected chi connectivity index (χ1v) is 10.5. The van der Waals surface area contributed by atoms with Crippen LogP contribution in [0.3, 0.4) is 0 Å². The van der Waals surface area contributed by atoms with E-state index < -0.39 is 0 Å². The molecule has 2 aromatic carbocycles. The number of hydrogen-bond donors (Lipinski definition) is 1. The molecule has 0 radical (unpaired) electrons. The number of rotatable bonds is 4. The van der Waals surface area contributed by atoms with Gasteiger partial charge in [-0.25, -0.2) is 4.39 Å². The van der Waals surface area contributed by atoms with E-state index in [1.54, 1.807) is 18.3 Å². The van der Waals surface area contributed by atoms with Crippen LogP contribution in [0.1, 0.15) is 29.0 Å². The molecule has 4 nitrogen and oxygen atoms in total. The van der Waals surface area contributed by atoms with Gasteiger partial charge in [-0.1, -0.05) is 23.8 Å². The summed E-state index contributed by atoms with van der Waals surface area (Å²) in [5, 5.41) is 4.13. The first-order chi connectivity index (χ1) is 15.1. The largest absolute Gasteiger partial charge is 0.351 e. The SMILES string of the molecule is Cc1ccc(N2C(=S)NC(c3ccccn3)C2c2cccn2-c2ccc(F)cc2)cc1. The third-order valence-corrected chi connectivity index (χ3v) is 5.91. The minimum Gasteiger partial charge on any atom is -0.351 e. The molecule has 1 fully saturated rings. The van der Waals surface area contributed by atoms with Crippen molar-refractivity contribution in [3.63, 3.8) is 0 Å². The van der Waals surface area contributed by atoms with Gasteiger partial charge in [-0.15, -0.1) is 0 Å². The number of aryl methyl sites for hydroxylation is 1. The third kappa shape index (κ3) is 3.59. The van der Waals surface area contributed by atoms with Gasteiger partial charge < -0.3 is 14.8 Å². The highest BCUT2D eigenvalue weighted by Gasteiger charge is 2.42. The van der Waals surface area contributed by atoms with Crippen molar-refractivity contribution in [2.75, 3.05) is 4.90 Å². The Labute approximate surface area is 186 Å². The lowest BCUT2D eigenvalue weighted by Gasteiger charge is -2.29. The van der Waals surface area contributed by atoms with E-state index in [0.717, 1.165) is 22.8 Å². The Hall–Kier alpha value is -3.51. The molecule has 0 amide bonds. The molecule has 6 heteroatoms. The molecule has 0 saturated carbocycles. The number of nitrogens with one attached hydrogen (secondary N) is 1. The van der Waals surface area contributed by atoms with E-state index in [9.17, 15) is 4.39 Å². The minimum absolute atomic E-state index is 0.134. The van der Waals surface area contributed by atoms with Crippen molar-refractivity contribution in [3.8, 4) is 5.69 Å². The molecule has 0 bridgehead atoms. The second kappa shape index (κ2) is 7.96. The molecule has 31 heavy (non-hydrogen) atoms. The van der Waals surface area contributed by atoms with Gasteiger partial charge in [-0.2, -0.15) is 0 Å². The molecule has 1 aliphatic rings. The Morgan fingerprint density at radius 1 is 0.903 bits per heavy atom. The molecule has 2 atom stereocenters. The van der Waals surface area contributed by atoms with Crippen LogP contribution in [0.4, 0.5) is 10.1 Å². The van der Waals surface area contributed by atoms with Gasteiger partial charge in [0.15, 0.2) is 5.11 Å². The molecule has 4 aromatic rings. The number of thiocarbonyl (C=S) groups is 1. The molecule has 0 spiro atoms. The monoisotopic (exact) mass is 428 g/mol. The van der Waals surface area contributed by atoms with Crippen molar-refractivity contribution in [3.05, 3.63) is 114 Å². The van der Waals surface area contributed by atoms with Crippen LogP contribution in [-0.4, -0.2) is 14.7 Å². The van der Waals surface area contributed by atoms with E-state index in [4.69, 9.17) is 12.2 Å². The van der Waals surface area contributed by atoms with Crippen LogP contribution < -0.4 is 10.2 Å². The number of nitrogens with zero attached hydrogens (tertiary/aromatic N) is 3. The number of benzene rings is 2. The van der Waals surface area contributed by atoms with E-state index in [1.165, 1.54) is 17.7 Å². The van der Waals surface area contributed by atoms with E-state index in [-0.39, 0.29) is 17.9 Å². The fourth-order valence-corrected chi connectivity index (χ4v) is 4.46. The molecule has 5 rings (SSSR count). The lowest BCUT2D eigenvalue weighted by Crippen LogP contribution is -2.30. The van der Waals surface area contributed by atoms with Crippen molar-refractivity contribution < 1.29 is 4.39 Å². The second-order valence-corrected chi connectivity index (χ2v) is 8.00. The number of halogens is 1. The Balaban J connectivity index is 1.66. The Bertz CT molecular complexity index is 1200. The van der Waals surface area contributed by atoms with Gasteiger partial charge in [-0.3, -0.25) is 4.98 Å². The molecule has 1 saturated heterocycles. The predicted octanol–water partition coefficient (Wildman–Crippen LogP) is 5.50. The first-order valence-electron chi connectivity index (χ1n) is 10.1. The van der Waals surface area contributed by atoms with Crippen LogP contribution in [0.2, 0.25) is 0 Å². The van der Waals surface area contributed by atoms with Crippen molar-refractivity contribution in [2.45, 2.75) is 19.0 Å². The summed E-state index contributed by atoms with van der Waals surface area (Å²) in [6, 6.07) is 24.6. The molecule has 154 valence electrons. The molecule has 3 heterocycles. The summed E-state index contributed by atoms with van der Waals surface area (Å²) in [6.07, 6.45) is 3.79. The van der Waals surface area contributed by atoms with Crippen LogP contribution in [-0.2, 0) is 0 Å². The van der Waals surface area contributed by atoms with Crippen LogP contribution in [0, 0.1) is 12.7 Å². The fraction of sp³-hybridized carbons (Fsp3) is 0.120. The highest BCUT2D eigenvalue weighted by molar-refractivity contribution is 7.80. The summed E-state index contributed by atoms with van der Waals surface area (Å²) < 4.78 is 15.6. The van der Waals surface area contributed by atoms with Crippen molar-refractivity contribution in [1.82, 2.24) is 14.9 Å². The molecule has 1 aliphatic heterocycles. The maximum Gasteiger partial charge on any atom is 0.174 e. The molecule has 0 aliphatic carbocycles. The summed E-state index contributed by atoms with van der Waals surface area (Å²) in [5.41, 5.74) is 5.04. The lowest BCUT2D eigenvalue weighted by molar-refractivity contribution is 0.549. The molecular formula is C25H21FN4S. The van der Waals surface area contributed by atoms with Gasteiger partial charge in [0, 0.05) is 29.5 Å². The third-order valence-electron chi connectivity index (χ3n) is 5.60. The quantitative estimate of drug-likeness (QED) is 0.435. The Morgan fingerprint density at radius 2 is 1.65 bits per heavy atom. The summed E-state index contributed by atoms with van der Waals surface area (Å²) >= 11 is 5.79. The van der Waals surface area contributed by atoms with Crippen molar-refractivity contribution in [1.29, 1.82) is 0 Å². The molecule has 1 N–H and O–H groups in total. The standard InChI is InChI=1S/C25H21FN4S/c1-17-7-11-20(12-8-17)30-24(23(28-25(30)31)21-5-2-3-15-27-21)22-6-4-16-29(22)19-13-9-18(26)10-14-19/h2-16,23-24H,1H3,(H,28,31). The van der Waals surface area contributed by atoms with Crippen LogP contribution in [0.5, 0.6) is 0 Å². The van der Waals surface area contributed by atoms with Crippen LogP contribution in [0.15, 0.2) is 91.3 Å². The van der Waals surface area contributed by atoms with Gasteiger partial charge in [0.05, 0.1) is 11.7 Å². The van der Waals surface area contributed by atoms with E-state index in [2.05, 4.69) is 57.0 Å². The van der Waals surface area contributed by atoms with Gasteiger partial charge in [-0.05, 0) is 79.8 Å². The van der Waals surface area contributed by atoms with Gasteiger partial charge in [0.25, 0.3) is 0 Å². The molecule has 2 unspecified atom stereocenters. The number of pyridine rings is 1. The van der Waals surface area contributed by atoms with E-state index in [1.807, 2.05) is 30.5 Å². The average molecular weight is 429 g/mol. The van der Waals surface area contributed by atoms with Crippen molar-refractivity contribution in [2.24, 2.45) is 0 Å². The Morgan fingerprint density at radius 3 is 2.35 bits per heavy atom.